The molecule has 3 aromatic rings. The monoisotopic (exact) mass is 451 g/mol. The molecule has 0 spiro atoms. The van der Waals surface area contributed by atoms with E-state index in [1.54, 1.807) is 12.4 Å². The number of alkyl halides is 3. The predicted molar refractivity (Wildman–Crippen MR) is 113 cm³/mol. The van der Waals surface area contributed by atoms with Crippen molar-refractivity contribution >= 4 is 45.2 Å². The summed E-state index contributed by atoms with van der Waals surface area (Å²) in [7, 11) is 0. The molecule has 1 aromatic carbocycles. The van der Waals surface area contributed by atoms with Crippen molar-refractivity contribution in [1.82, 2.24) is 19.9 Å². The number of aryl methyl sites for hydroxylation is 1. The summed E-state index contributed by atoms with van der Waals surface area (Å²) in [6, 6.07) is 3.10. The first-order valence-electron chi connectivity index (χ1n) is 9.50. The number of hydrogen-bond donors (Lipinski definition) is 2. The number of nitrogen functional groups attached to an aromatic ring is 1. The minimum Gasteiger partial charge on any atom is -0.368 e. The Morgan fingerprint density at radius 2 is 2.06 bits per heavy atom. The van der Waals surface area contributed by atoms with Crippen LogP contribution in [0.3, 0.4) is 0 Å². The smallest absolute Gasteiger partial charge is 0.368 e. The SMILES string of the molecule is Cc1ccc(NC(=O)N2CCN(c3nc(N)nc4scnc34)C(C)C2)c(C(F)(F)F)c1. The van der Waals surface area contributed by atoms with Gasteiger partial charge in [0, 0.05) is 25.7 Å². The van der Waals surface area contributed by atoms with E-state index in [0.29, 0.717) is 41.4 Å². The van der Waals surface area contributed by atoms with E-state index in [1.165, 1.54) is 28.4 Å². The van der Waals surface area contributed by atoms with Crippen molar-refractivity contribution in [3.8, 4) is 0 Å². The van der Waals surface area contributed by atoms with E-state index in [9.17, 15) is 18.0 Å². The van der Waals surface area contributed by atoms with E-state index >= 15 is 0 Å². The van der Waals surface area contributed by atoms with Crippen LogP contribution in [0.25, 0.3) is 10.3 Å². The van der Waals surface area contributed by atoms with Crippen LogP contribution in [0.15, 0.2) is 23.7 Å². The topological polar surface area (TPSA) is 100 Å². The second-order valence-corrected chi connectivity index (χ2v) is 8.21. The average molecular weight is 451 g/mol. The zero-order valence-electron chi connectivity index (χ0n) is 16.8. The first-order chi connectivity index (χ1) is 14.6. The van der Waals surface area contributed by atoms with Gasteiger partial charge in [0.2, 0.25) is 5.95 Å². The van der Waals surface area contributed by atoms with Crippen molar-refractivity contribution in [1.29, 1.82) is 0 Å². The van der Waals surface area contributed by atoms with Crippen molar-refractivity contribution in [2.24, 2.45) is 0 Å². The number of benzene rings is 1. The van der Waals surface area contributed by atoms with E-state index in [4.69, 9.17) is 5.73 Å². The van der Waals surface area contributed by atoms with E-state index in [0.717, 1.165) is 6.07 Å². The third-order valence-corrected chi connectivity index (χ3v) is 5.82. The molecule has 0 bridgehead atoms. The molecule has 2 aromatic heterocycles. The number of rotatable bonds is 2. The largest absolute Gasteiger partial charge is 0.418 e. The second-order valence-electron chi connectivity index (χ2n) is 7.38. The minimum atomic E-state index is -4.56. The van der Waals surface area contributed by atoms with E-state index in [2.05, 4.69) is 20.3 Å². The molecule has 1 aliphatic heterocycles. The number of urea groups is 1. The number of nitrogens with one attached hydrogen (secondary N) is 1. The van der Waals surface area contributed by atoms with Crippen molar-refractivity contribution in [2.45, 2.75) is 26.1 Å². The minimum absolute atomic E-state index is 0.137. The molecule has 31 heavy (non-hydrogen) atoms. The molecule has 1 unspecified atom stereocenters. The van der Waals surface area contributed by atoms with Gasteiger partial charge in [-0.1, -0.05) is 11.6 Å². The lowest BCUT2D eigenvalue weighted by atomic mass is 10.1. The van der Waals surface area contributed by atoms with Crippen LogP contribution in [0.1, 0.15) is 18.1 Å². The third-order valence-electron chi connectivity index (χ3n) is 5.11. The maximum absolute atomic E-state index is 13.4. The van der Waals surface area contributed by atoms with E-state index in [-0.39, 0.29) is 17.7 Å². The quantitative estimate of drug-likeness (QED) is 0.616. The zero-order valence-corrected chi connectivity index (χ0v) is 17.6. The summed E-state index contributed by atoms with van der Waals surface area (Å²) in [6.07, 6.45) is -4.56. The summed E-state index contributed by atoms with van der Waals surface area (Å²) in [5, 5.41) is 2.42. The van der Waals surface area contributed by atoms with Crippen molar-refractivity contribution in [3.05, 3.63) is 34.8 Å². The van der Waals surface area contributed by atoms with Gasteiger partial charge in [0.15, 0.2) is 10.6 Å². The number of fused-ring (bicyclic) bond motifs is 1. The summed E-state index contributed by atoms with van der Waals surface area (Å²) >= 11 is 1.36. The number of piperazine rings is 1. The van der Waals surface area contributed by atoms with Gasteiger partial charge in [0.25, 0.3) is 0 Å². The van der Waals surface area contributed by atoms with Crippen LogP contribution in [0.2, 0.25) is 0 Å². The van der Waals surface area contributed by atoms with Crippen LogP contribution >= 0.6 is 11.3 Å². The molecule has 0 aliphatic carbocycles. The average Bonchev–Trinajstić information content (AvgIpc) is 3.16. The molecule has 1 atom stereocenters. The molecule has 4 rings (SSSR count). The van der Waals surface area contributed by atoms with Crippen molar-refractivity contribution < 1.29 is 18.0 Å². The van der Waals surface area contributed by atoms with E-state index < -0.39 is 17.8 Å². The van der Waals surface area contributed by atoms with Crippen molar-refractivity contribution in [2.75, 3.05) is 35.6 Å². The highest BCUT2D eigenvalue weighted by atomic mass is 32.1. The summed E-state index contributed by atoms with van der Waals surface area (Å²) in [5.74, 6) is 0.729. The predicted octanol–water partition coefficient (Wildman–Crippen LogP) is 3.74. The van der Waals surface area contributed by atoms with Gasteiger partial charge in [-0.15, -0.1) is 11.3 Å². The number of thiazole rings is 1. The van der Waals surface area contributed by atoms with Gasteiger partial charge in [0.1, 0.15) is 5.52 Å². The first kappa shape index (κ1) is 21.1. The number of halogens is 3. The molecule has 1 aliphatic rings. The molecule has 0 radical (unpaired) electrons. The third kappa shape index (κ3) is 4.20. The molecule has 2 amide bonds. The van der Waals surface area contributed by atoms with Gasteiger partial charge >= 0.3 is 12.2 Å². The van der Waals surface area contributed by atoms with Crippen LogP contribution in [0, 0.1) is 6.92 Å². The molecule has 0 saturated carbocycles. The number of aromatic nitrogens is 3. The number of hydrogen-bond acceptors (Lipinski definition) is 7. The molecule has 8 nitrogen and oxygen atoms in total. The fraction of sp³-hybridized carbons (Fsp3) is 0.368. The Balaban J connectivity index is 1.51. The highest BCUT2D eigenvalue weighted by Gasteiger charge is 2.35. The summed E-state index contributed by atoms with van der Waals surface area (Å²) in [5.41, 5.74) is 7.46. The molecule has 1 fully saturated rings. The van der Waals surface area contributed by atoms with Crippen LogP contribution in [-0.4, -0.2) is 51.6 Å². The highest BCUT2D eigenvalue weighted by Crippen LogP contribution is 2.36. The number of carbonyl (C=O) groups is 1. The Morgan fingerprint density at radius 3 is 2.77 bits per heavy atom. The molecule has 3 heterocycles. The fourth-order valence-electron chi connectivity index (χ4n) is 3.62. The van der Waals surface area contributed by atoms with Gasteiger partial charge in [-0.2, -0.15) is 18.2 Å². The normalized spacial score (nSPS) is 17.3. The number of carbonyl (C=O) groups excluding carboxylic acids is 1. The van der Waals surface area contributed by atoms with E-state index in [1.807, 2.05) is 11.8 Å². The van der Waals surface area contributed by atoms with Gasteiger partial charge < -0.3 is 20.9 Å². The first-order valence-corrected chi connectivity index (χ1v) is 10.4. The Bertz CT molecular complexity index is 1130. The summed E-state index contributed by atoms with van der Waals surface area (Å²) in [6.45, 7) is 4.51. The van der Waals surface area contributed by atoms with Gasteiger partial charge in [-0.25, -0.2) is 14.8 Å². The van der Waals surface area contributed by atoms with Crippen LogP contribution in [0.4, 0.5) is 35.4 Å². The zero-order chi connectivity index (χ0) is 22.3. The van der Waals surface area contributed by atoms with Gasteiger partial charge in [-0.3, -0.25) is 0 Å². The Hall–Kier alpha value is -3.15. The summed E-state index contributed by atoms with van der Waals surface area (Å²) < 4.78 is 40.1. The molecule has 164 valence electrons. The molecular formula is C19H20F3N7OS. The number of nitrogens with zero attached hydrogens (tertiary/aromatic N) is 5. The molecule has 12 heteroatoms. The lowest BCUT2D eigenvalue weighted by Crippen LogP contribution is -2.55. The summed E-state index contributed by atoms with van der Waals surface area (Å²) in [4.78, 5) is 29.7. The lowest BCUT2D eigenvalue weighted by molar-refractivity contribution is -0.137. The van der Waals surface area contributed by atoms with Crippen molar-refractivity contribution in [3.63, 3.8) is 0 Å². The lowest BCUT2D eigenvalue weighted by Gasteiger charge is -2.40. The van der Waals surface area contributed by atoms with Gasteiger partial charge in [0.05, 0.1) is 16.8 Å². The molecular weight excluding hydrogens is 431 g/mol. The van der Waals surface area contributed by atoms with Crippen LogP contribution < -0.4 is 16.0 Å². The second kappa shape index (κ2) is 7.84. The Morgan fingerprint density at radius 1 is 1.29 bits per heavy atom. The Labute approximate surface area is 179 Å². The van der Waals surface area contributed by atoms with Crippen LogP contribution in [-0.2, 0) is 6.18 Å². The maximum Gasteiger partial charge on any atom is 0.418 e. The highest BCUT2D eigenvalue weighted by molar-refractivity contribution is 7.16. The molecule has 1 saturated heterocycles. The number of nitrogens with two attached hydrogens (primary N) is 1. The number of amides is 2. The fourth-order valence-corrected chi connectivity index (χ4v) is 4.28. The van der Waals surface area contributed by atoms with Gasteiger partial charge in [-0.05, 0) is 26.0 Å². The Kier molecular flexibility index (Phi) is 5.33. The standard InChI is InChI=1S/C19H20F3N7OS/c1-10-3-4-13(12(7-10)19(20,21)22)25-18(30)28-5-6-29(11(2)8-28)15-14-16(31-9-24-14)27-17(23)26-15/h3-4,7,9,11H,5-6,8H2,1-2H3,(H,25,30)(H2,23,26,27). The maximum atomic E-state index is 13.4. The number of anilines is 3. The van der Waals surface area contributed by atoms with Crippen LogP contribution in [0.5, 0.6) is 0 Å². The molecule has 3 N–H and O–H groups in total.